The number of benzene rings is 2. The quantitative estimate of drug-likeness (QED) is 0.344. The number of carbonyl (C=O) groups is 1. The van der Waals surface area contributed by atoms with Gasteiger partial charge in [0.25, 0.3) is 0 Å². The molecule has 36 heavy (non-hydrogen) atoms. The SMILES string of the molecule is O=C1N[C@@H]2c3cc(Nc4ncc(F)c(Nc5ccc(OCc6ccccn6)cc5)n4)ccc3CC2O1. The summed E-state index contributed by atoms with van der Waals surface area (Å²) in [5.41, 5.74) is 4.30. The molecule has 10 heteroatoms. The molecule has 0 spiro atoms. The molecule has 0 bridgehead atoms. The Morgan fingerprint density at radius 2 is 1.92 bits per heavy atom. The number of hydrogen-bond acceptors (Lipinski definition) is 8. The predicted molar refractivity (Wildman–Crippen MR) is 130 cm³/mol. The maximum atomic E-state index is 14.4. The molecule has 2 atom stereocenters. The van der Waals surface area contributed by atoms with Crippen molar-refractivity contribution in [3.63, 3.8) is 0 Å². The van der Waals surface area contributed by atoms with Gasteiger partial charge in [-0.2, -0.15) is 4.98 Å². The number of hydrogen-bond donors (Lipinski definition) is 3. The van der Waals surface area contributed by atoms with E-state index in [1.54, 1.807) is 30.5 Å². The molecule has 0 saturated carbocycles. The lowest BCUT2D eigenvalue weighted by Crippen LogP contribution is -2.18. The number of alkyl carbamates (subject to hydrolysis) is 1. The number of nitrogens with zero attached hydrogens (tertiary/aromatic N) is 3. The van der Waals surface area contributed by atoms with Crippen molar-refractivity contribution in [3.8, 4) is 5.75 Å². The molecule has 2 aromatic carbocycles. The minimum absolute atomic E-state index is 0.0346. The van der Waals surface area contributed by atoms with E-state index in [0.717, 1.165) is 28.7 Å². The molecule has 6 rings (SSSR count). The first-order valence-electron chi connectivity index (χ1n) is 11.4. The summed E-state index contributed by atoms with van der Waals surface area (Å²) in [6.07, 6.45) is 2.91. The number of nitrogens with one attached hydrogen (secondary N) is 3. The minimum Gasteiger partial charge on any atom is -0.487 e. The topological polar surface area (TPSA) is 110 Å². The van der Waals surface area contributed by atoms with Crippen molar-refractivity contribution in [3.05, 3.63) is 95.7 Å². The second kappa shape index (κ2) is 9.14. The number of ether oxygens (including phenoxy) is 2. The summed E-state index contributed by atoms with van der Waals surface area (Å²) in [6.45, 7) is 0.354. The van der Waals surface area contributed by atoms with Gasteiger partial charge >= 0.3 is 6.09 Å². The van der Waals surface area contributed by atoms with Crippen LogP contribution >= 0.6 is 0 Å². The van der Waals surface area contributed by atoms with E-state index in [1.807, 2.05) is 36.4 Å². The molecule has 0 radical (unpaired) electrons. The minimum atomic E-state index is -0.585. The maximum absolute atomic E-state index is 14.4. The monoisotopic (exact) mass is 484 g/mol. The van der Waals surface area contributed by atoms with Gasteiger partial charge in [-0.3, -0.25) is 4.98 Å². The third-order valence-electron chi connectivity index (χ3n) is 6.04. The molecule has 3 N–H and O–H groups in total. The number of anilines is 4. The average Bonchev–Trinajstić information content (AvgIpc) is 3.42. The van der Waals surface area contributed by atoms with Crippen molar-refractivity contribution in [2.45, 2.75) is 25.2 Å². The van der Waals surface area contributed by atoms with Gasteiger partial charge in [0.05, 0.1) is 17.9 Å². The fourth-order valence-corrected chi connectivity index (χ4v) is 4.32. The Bertz CT molecular complexity index is 1420. The third-order valence-corrected chi connectivity index (χ3v) is 6.04. The van der Waals surface area contributed by atoms with Gasteiger partial charge in [-0.15, -0.1) is 0 Å². The van der Waals surface area contributed by atoms with Gasteiger partial charge in [-0.1, -0.05) is 12.1 Å². The van der Waals surface area contributed by atoms with Crippen LogP contribution in [0.25, 0.3) is 0 Å². The van der Waals surface area contributed by atoms with E-state index in [9.17, 15) is 9.18 Å². The summed E-state index contributed by atoms with van der Waals surface area (Å²) in [5.74, 6) is 0.348. The number of rotatable bonds is 7. The van der Waals surface area contributed by atoms with Crippen molar-refractivity contribution in [2.24, 2.45) is 0 Å². The van der Waals surface area contributed by atoms with E-state index in [4.69, 9.17) is 9.47 Å². The first-order valence-corrected chi connectivity index (χ1v) is 11.4. The molecule has 3 heterocycles. The Morgan fingerprint density at radius 3 is 2.75 bits per heavy atom. The second-order valence-corrected chi connectivity index (χ2v) is 8.46. The molecular weight excluding hydrogens is 463 g/mol. The van der Waals surface area contributed by atoms with Crippen LogP contribution in [0.2, 0.25) is 0 Å². The number of halogens is 1. The number of amides is 1. The van der Waals surface area contributed by atoms with E-state index in [-0.39, 0.29) is 23.9 Å². The van der Waals surface area contributed by atoms with Crippen molar-refractivity contribution in [1.29, 1.82) is 0 Å². The van der Waals surface area contributed by atoms with Crippen LogP contribution in [0, 0.1) is 5.82 Å². The molecule has 1 aliphatic heterocycles. The van der Waals surface area contributed by atoms with Crippen molar-refractivity contribution < 1.29 is 18.7 Å². The van der Waals surface area contributed by atoms with Crippen LogP contribution in [0.4, 0.5) is 32.3 Å². The highest BCUT2D eigenvalue weighted by Gasteiger charge is 2.41. The zero-order valence-corrected chi connectivity index (χ0v) is 18.9. The Morgan fingerprint density at radius 1 is 1.06 bits per heavy atom. The summed E-state index contributed by atoms with van der Waals surface area (Å²) in [7, 11) is 0. The first-order chi connectivity index (χ1) is 17.6. The molecule has 180 valence electrons. The lowest BCUT2D eigenvalue weighted by atomic mass is 10.1. The Hall–Kier alpha value is -4.73. The molecule has 1 unspecified atom stereocenters. The number of fused-ring (bicyclic) bond motifs is 3. The van der Waals surface area contributed by atoms with Crippen LogP contribution in [0.1, 0.15) is 22.9 Å². The molecule has 2 aliphatic rings. The Kier molecular flexibility index (Phi) is 5.53. The number of carbonyl (C=O) groups excluding carboxylic acids is 1. The van der Waals surface area contributed by atoms with Crippen LogP contribution in [-0.4, -0.2) is 27.1 Å². The van der Waals surface area contributed by atoms with E-state index in [0.29, 0.717) is 24.5 Å². The lowest BCUT2D eigenvalue weighted by Gasteiger charge is -2.12. The highest BCUT2D eigenvalue weighted by Crippen LogP contribution is 2.38. The molecule has 1 amide bonds. The lowest BCUT2D eigenvalue weighted by molar-refractivity contribution is 0.136. The Labute approximate surface area is 205 Å². The van der Waals surface area contributed by atoms with E-state index >= 15 is 0 Å². The number of aromatic nitrogens is 3. The molecule has 9 nitrogen and oxygen atoms in total. The van der Waals surface area contributed by atoms with Gasteiger partial charge in [-0.05, 0) is 59.7 Å². The fraction of sp³-hybridized carbons (Fsp3) is 0.154. The summed E-state index contributed by atoms with van der Waals surface area (Å²) in [6, 6.07) is 18.4. The number of pyridine rings is 1. The van der Waals surface area contributed by atoms with Crippen LogP contribution in [0.15, 0.2) is 73.1 Å². The van der Waals surface area contributed by atoms with Crippen LogP contribution in [0.3, 0.4) is 0 Å². The Balaban J connectivity index is 1.13. The molecule has 4 aromatic rings. The molecule has 1 fully saturated rings. The molecule has 1 aliphatic carbocycles. The van der Waals surface area contributed by atoms with Crippen LogP contribution in [0.5, 0.6) is 5.75 Å². The summed E-state index contributed by atoms with van der Waals surface area (Å²) < 4.78 is 25.5. The van der Waals surface area contributed by atoms with Crippen molar-refractivity contribution in [1.82, 2.24) is 20.3 Å². The van der Waals surface area contributed by atoms with Gasteiger partial charge in [0.1, 0.15) is 18.5 Å². The van der Waals surface area contributed by atoms with Gasteiger partial charge in [0.15, 0.2) is 11.6 Å². The highest BCUT2D eigenvalue weighted by molar-refractivity contribution is 5.72. The zero-order chi connectivity index (χ0) is 24.5. The summed E-state index contributed by atoms with van der Waals surface area (Å²) in [5, 5.41) is 8.92. The normalized spacial score (nSPS) is 17.5. The zero-order valence-electron chi connectivity index (χ0n) is 18.9. The van der Waals surface area contributed by atoms with Gasteiger partial charge < -0.3 is 25.4 Å². The third kappa shape index (κ3) is 4.48. The van der Waals surface area contributed by atoms with E-state index < -0.39 is 11.9 Å². The fourth-order valence-electron chi connectivity index (χ4n) is 4.32. The van der Waals surface area contributed by atoms with E-state index in [1.165, 1.54) is 0 Å². The van der Waals surface area contributed by atoms with Gasteiger partial charge in [0, 0.05) is 24.0 Å². The predicted octanol–water partition coefficient (Wildman–Crippen LogP) is 4.78. The average molecular weight is 484 g/mol. The largest absolute Gasteiger partial charge is 0.487 e. The molecular formula is C26H21FN6O3. The standard InChI is InChI=1S/C26H21FN6O3/c27-21-13-29-25(31-17-5-4-15-11-22-23(20(15)12-17)32-26(34)36-22)33-24(21)30-16-6-8-19(9-7-16)35-14-18-3-1-2-10-28-18/h1-10,12-13,22-23H,11,14H2,(H,32,34)(H2,29,30,31,33)/t22?,23-/m1/s1. The smallest absolute Gasteiger partial charge is 0.408 e. The second-order valence-electron chi connectivity index (χ2n) is 8.46. The van der Waals surface area contributed by atoms with Crippen LogP contribution < -0.4 is 20.7 Å². The highest BCUT2D eigenvalue weighted by atomic mass is 19.1. The summed E-state index contributed by atoms with van der Waals surface area (Å²) in [4.78, 5) is 24.1. The maximum Gasteiger partial charge on any atom is 0.408 e. The van der Waals surface area contributed by atoms with Gasteiger partial charge in [0.2, 0.25) is 5.95 Å². The van der Waals surface area contributed by atoms with Crippen molar-refractivity contribution in [2.75, 3.05) is 10.6 Å². The van der Waals surface area contributed by atoms with E-state index in [2.05, 4.69) is 30.9 Å². The first kappa shape index (κ1) is 21.8. The van der Waals surface area contributed by atoms with Crippen molar-refractivity contribution >= 4 is 29.2 Å². The molecule has 2 aromatic heterocycles. The summed E-state index contributed by atoms with van der Waals surface area (Å²) >= 11 is 0. The van der Waals surface area contributed by atoms with Gasteiger partial charge in [-0.25, -0.2) is 14.2 Å². The molecule has 1 saturated heterocycles. The van der Waals surface area contributed by atoms with Crippen LogP contribution in [-0.2, 0) is 17.8 Å².